The number of halogens is 1. The van der Waals surface area contributed by atoms with Gasteiger partial charge in [-0.3, -0.25) is 4.79 Å². The van der Waals surface area contributed by atoms with E-state index >= 15 is 0 Å². The molecular formula is C28H23ClN2O3. The van der Waals surface area contributed by atoms with Gasteiger partial charge < -0.3 is 19.7 Å². The first-order valence-corrected chi connectivity index (χ1v) is 11.7. The Hall–Kier alpha value is -3.70. The number of nitrogens with one attached hydrogen (secondary N) is 1. The molecule has 1 amide bonds. The second kappa shape index (κ2) is 8.58. The number of hydrogen-bond acceptors (Lipinski definition) is 4. The third-order valence-corrected chi connectivity index (χ3v) is 6.75. The summed E-state index contributed by atoms with van der Waals surface area (Å²) in [5, 5.41) is 6.17. The molecule has 6 heteroatoms. The molecule has 2 aliphatic heterocycles. The molecule has 1 atom stereocenters. The molecular weight excluding hydrogens is 448 g/mol. The summed E-state index contributed by atoms with van der Waals surface area (Å²) < 4.78 is 11.8. The molecule has 170 valence electrons. The summed E-state index contributed by atoms with van der Waals surface area (Å²) in [4.78, 5) is 15.3. The van der Waals surface area contributed by atoms with Crippen LogP contribution in [0.3, 0.4) is 0 Å². The predicted molar refractivity (Wildman–Crippen MR) is 134 cm³/mol. The molecule has 0 bridgehead atoms. The summed E-state index contributed by atoms with van der Waals surface area (Å²) in [5.41, 5.74) is 3.63. The number of nitrogens with zero attached hydrogens (tertiary/aromatic N) is 1. The van der Waals surface area contributed by atoms with Gasteiger partial charge in [-0.15, -0.1) is 0 Å². The normalized spacial score (nSPS) is 16.7. The number of carbonyl (C=O) groups is 1. The highest BCUT2D eigenvalue weighted by atomic mass is 35.5. The van der Waals surface area contributed by atoms with Crippen LogP contribution in [0.4, 0.5) is 5.69 Å². The number of fused-ring (bicyclic) bond motifs is 4. The maximum atomic E-state index is 13.2. The molecule has 0 spiro atoms. The van der Waals surface area contributed by atoms with Gasteiger partial charge in [0, 0.05) is 33.8 Å². The number of hydrogen-bond donors (Lipinski definition) is 1. The number of benzene rings is 4. The Morgan fingerprint density at radius 3 is 2.76 bits per heavy atom. The summed E-state index contributed by atoms with van der Waals surface area (Å²) in [7, 11) is 0. The van der Waals surface area contributed by atoms with Gasteiger partial charge in [-0.25, -0.2) is 0 Å². The molecule has 5 nitrogen and oxygen atoms in total. The molecule has 34 heavy (non-hydrogen) atoms. The number of ether oxygens (including phenoxy) is 2. The minimum absolute atomic E-state index is 0.122. The SMILES string of the molecule is O=C(NC1CCOc2ccc(Cl)cc21)c1cccc(N2COc3ccc4ccccc4c3C2)c1. The maximum Gasteiger partial charge on any atom is 0.251 e. The Bertz CT molecular complexity index is 1400. The zero-order chi connectivity index (χ0) is 23.1. The monoisotopic (exact) mass is 470 g/mol. The summed E-state index contributed by atoms with van der Waals surface area (Å²) in [5.74, 6) is 1.57. The van der Waals surface area contributed by atoms with Gasteiger partial charge in [-0.05, 0) is 53.2 Å². The Kier molecular flexibility index (Phi) is 5.27. The van der Waals surface area contributed by atoms with Crippen molar-refractivity contribution >= 4 is 34.0 Å². The van der Waals surface area contributed by atoms with E-state index in [4.69, 9.17) is 21.1 Å². The summed E-state index contributed by atoms with van der Waals surface area (Å²) in [6, 6.07) is 25.5. The van der Waals surface area contributed by atoms with Gasteiger partial charge in [0.05, 0.1) is 19.2 Å². The first-order valence-electron chi connectivity index (χ1n) is 11.4. The molecule has 2 heterocycles. The average Bonchev–Trinajstić information content (AvgIpc) is 2.88. The maximum absolute atomic E-state index is 13.2. The van der Waals surface area contributed by atoms with Gasteiger partial charge in [0.25, 0.3) is 5.91 Å². The van der Waals surface area contributed by atoms with Crippen molar-refractivity contribution in [2.45, 2.75) is 19.0 Å². The van der Waals surface area contributed by atoms with Crippen LogP contribution in [-0.2, 0) is 6.54 Å². The Balaban J connectivity index is 1.24. The van der Waals surface area contributed by atoms with Crippen LogP contribution >= 0.6 is 11.6 Å². The van der Waals surface area contributed by atoms with E-state index in [2.05, 4.69) is 28.4 Å². The third kappa shape index (κ3) is 3.82. The van der Waals surface area contributed by atoms with Crippen molar-refractivity contribution < 1.29 is 14.3 Å². The fourth-order valence-electron chi connectivity index (χ4n) is 4.76. The minimum atomic E-state index is -0.143. The minimum Gasteiger partial charge on any atom is -0.493 e. The van der Waals surface area contributed by atoms with Crippen LogP contribution in [0.25, 0.3) is 10.8 Å². The molecule has 0 aromatic heterocycles. The highest BCUT2D eigenvalue weighted by molar-refractivity contribution is 6.30. The smallest absolute Gasteiger partial charge is 0.251 e. The van der Waals surface area contributed by atoms with Gasteiger partial charge in [0.2, 0.25) is 0 Å². The molecule has 2 aliphatic rings. The van der Waals surface area contributed by atoms with Crippen molar-refractivity contribution in [3.8, 4) is 11.5 Å². The van der Waals surface area contributed by atoms with E-state index < -0.39 is 0 Å². The van der Waals surface area contributed by atoms with E-state index in [0.29, 0.717) is 36.9 Å². The van der Waals surface area contributed by atoms with Crippen molar-refractivity contribution in [3.05, 3.63) is 101 Å². The van der Waals surface area contributed by atoms with Gasteiger partial charge in [-0.1, -0.05) is 48.0 Å². The predicted octanol–water partition coefficient (Wildman–Crippen LogP) is 6.10. The highest BCUT2D eigenvalue weighted by Crippen LogP contribution is 2.36. The number of rotatable bonds is 3. The lowest BCUT2D eigenvalue weighted by Gasteiger charge is -2.32. The van der Waals surface area contributed by atoms with Gasteiger partial charge in [0.1, 0.15) is 11.5 Å². The molecule has 6 rings (SSSR count). The fourth-order valence-corrected chi connectivity index (χ4v) is 4.95. The van der Waals surface area contributed by atoms with E-state index in [0.717, 1.165) is 28.3 Å². The summed E-state index contributed by atoms with van der Waals surface area (Å²) in [6.45, 7) is 1.70. The van der Waals surface area contributed by atoms with Crippen molar-refractivity contribution in [1.29, 1.82) is 0 Å². The van der Waals surface area contributed by atoms with Crippen LogP contribution in [-0.4, -0.2) is 19.2 Å². The van der Waals surface area contributed by atoms with Crippen molar-refractivity contribution in [1.82, 2.24) is 5.32 Å². The average molecular weight is 471 g/mol. The molecule has 1 N–H and O–H groups in total. The van der Waals surface area contributed by atoms with Crippen LogP contribution in [0.2, 0.25) is 5.02 Å². The second-order valence-electron chi connectivity index (χ2n) is 8.63. The van der Waals surface area contributed by atoms with Crippen LogP contribution in [0.5, 0.6) is 11.5 Å². The third-order valence-electron chi connectivity index (χ3n) is 6.51. The van der Waals surface area contributed by atoms with E-state index in [-0.39, 0.29) is 11.9 Å². The molecule has 0 saturated heterocycles. The summed E-state index contributed by atoms with van der Waals surface area (Å²) in [6.07, 6.45) is 0.697. The Morgan fingerprint density at radius 2 is 1.82 bits per heavy atom. The molecule has 0 aliphatic carbocycles. The number of anilines is 1. The zero-order valence-corrected chi connectivity index (χ0v) is 19.2. The number of carbonyl (C=O) groups excluding carboxylic acids is 1. The van der Waals surface area contributed by atoms with Crippen LogP contribution in [0.15, 0.2) is 78.9 Å². The topological polar surface area (TPSA) is 50.8 Å². The second-order valence-corrected chi connectivity index (χ2v) is 9.07. The molecule has 0 radical (unpaired) electrons. The molecule has 1 unspecified atom stereocenters. The van der Waals surface area contributed by atoms with Crippen molar-refractivity contribution in [2.24, 2.45) is 0 Å². The molecule has 0 fully saturated rings. The van der Waals surface area contributed by atoms with E-state index in [9.17, 15) is 4.79 Å². The molecule has 0 saturated carbocycles. The highest BCUT2D eigenvalue weighted by Gasteiger charge is 2.25. The van der Waals surface area contributed by atoms with Gasteiger partial charge in [-0.2, -0.15) is 0 Å². The lowest BCUT2D eigenvalue weighted by atomic mass is 10.00. The largest absolute Gasteiger partial charge is 0.493 e. The van der Waals surface area contributed by atoms with Gasteiger partial charge >= 0.3 is 0 Å². The lowest BCUT2D eigenvalue weighted by molar-refractivity contribution is 0.0924. The quantitative estimate of drug-likeness (QED) is 0.393. The van der Waals surface area contributed by atoms with Crippen LogP contribution < -0.4 is 19.7 Å². The summed E-state index contributed by atoms with van der Waals surface area (Å²) >= 11 is 6.19. The van der Waals surface area contributed by atoms with E-state index in [1.54, 1.807) is 6.07 Å². The first-order chi connectivity index (χ1) is 16.7. The van der Waals surface area contributed by atoms with Crippen LogP contribution in [0.1, 0.15) is 33.9 Å². The Morgan fingerprint density at radius 1 is 0.941 bits per heavy atom. The van der Waals surface area contributed by atoms with E-state index in [1.165, 1.54) is 10.8 Å². The Labute approximate surface area is 202 Å². The first kappa shape index (κ1) is 20.9. The number of amides is 1. The van der Waals surface area contributed by atoms with Gasteiger partial charge in [0.15, 0.2) is 6.73 Å². The van der Waals surface area contributed by atoms with Crippen molar-refractivity contribution in [2.75, 3.05) is 18.2 Å². The molecule has 4 aromatic carbocycles. The fraction of sp³-hybridized carbons (Fsp3) is 0.179. The lowest BCUT2D eigenvalue weighted by Crippen LogP contribution is -2.33. The van der Waals surface area contributed by atoms with Crippen molar-refractivity contribution in [3.63, 3.8) is 0 Å². The van der Waals surface area contributed by atoms with E-state index in [1.807, 2.05) is 54.6 Å². The molecule has 4 aromatic rings. The zero-order valence-electron chi connectivity index (χ0n) is 18.5. The van der Waals surface area contributed by atoms with Crippen LogP contribution in [0, 0.1) is 0 Å². The standard InChI is InChI=1S/C28H23ClN2O3/c29-20-9-11-26-23(15-20)25(12-13-33-26)30-28(32)19-5-3-6-21(14-19)31-16-24-22-7-2-1-4-18(22)8-10-27(24)34-17-31/h1-11,14-15,25H,12-13,16-17H2,(H,30,32).